The number of rotatable bonds is 5. The number of nitrogens with zero attached hydrogens (tertiary/aromatic N) is 4. The Balaban J connectivity index is 2.09. The number of carbonyl (C=O) groups is 1. The smallest absolute Gasteiger partial charge is 0.320 e. The van der Waals surface area contributed by atoms with Gasteiger partial charge in [-0.1, -0.05) is 6.92 Å². The second-order valence-electron chi connectivity index (χ2n) is 5.42. The van der Waals surface area contributed by atoms with Crippen molar-refractivity contribution in [2.45, 2.75) is 39.3 Å². The van der Waals surface area contributed by atoms with Gasteiger partial charge in [0.05, 0.1) is 6.04 Å². The summed E-state index contributed by atoms with van der Waals surface area (Å²) >= 11 is 0. The van der Waals surface area contributed by atoms with Gasteiger partial charge in [-0.05, 0) is 38.0 Å². The van der Waals surface area contributed by atoms with Crippen molar-refractivity contribution in [1.82, 2.24) is 20.1 Å². The fourth-order valence-electron chi connectivity index (χ4n) is 2.15. The van der Waals surface area contributed by atoms with E-state index in [1.54, 1.807) is 23.3 Å². The standard InChI is InChI=1S/C16H20N6O/c1-4-14(12-5-7-18-8-6-12)19-16(23)20-15-13(9-17)10-22(21-15)11(2)3/h5-8,10-11,14H,4H2,1-3H3,(H2,19,20,21,23)/t14-/m0/s1. The first-order valence-electron chi connectivity index (χ1n) is 7.51. The minimum absolute atomic E-state index is 0.112. The van der Waals surface area contributed by atoms with Crippen molar-refractivity contribution in [3.05, 3.63) is 41.9 Å². The molecule has 0 saturated heterocycles. The predicted molar refractivity (Wildman–Crippen MR) is 86.8 cm³/mol. The largest absolute Gasteiger partial charge is 0.331 e. The molecule has 2 heterocycles. The third kappa shape index (κ3) is 4.07. The number of pyridine rings is 1. The van der Waals surface area contributed by atoms with Crippen LogP contribution in [-0.2, 0) is 0 Å². The molecule has 2 amide bonds. The minimum atomic E-state index is -0.390. The van der Waals surface area contributed by atoms with Gasteiger partial charge < -0.3 is 5.32 Å². The van der Waals surface area contributed by atoms with Gasteiger partial charge in [-0.2, -0.15) is 10.4 Å². The van der Waals surface area contributed by atoms with Crippen molar-refractivity contribution in [3.63, 3.8) is 0 Å². The molecule has 0 radical (unpaired) electrons. The molecule has 2 N–H and O–H groups in total. The van der Waals surface area contributed by atoms with Crippen LogP contribution in [0.25, 0.3) is 0 Å². The Morgan fingerprint density at radius 3 is 2.65 bits per heavy atom. The summed E-state index contributed by atoms with van der Waals surface area (Å²) < 4.78 is 1.65. The average Bonchev–Trinajstić information content (AvgIpc) is 2.96. The van der Waals surface area contributed by atoms with Crippen LogP contribution in [0.1, 0.15) is 50.4 Å². The second-order valence-corrected chi connectivity index (χ2v) is 5.42. The molecule has 0 aliphatic heterocycles. The summed E-state index contributed by atoms with van der Waals surface area (Å²) in [6.45, 7) is 5.89. The van der Waals surface area contributed by atoms with Gasteiger partial charge in [0.2, 0.25) is 0 Å². The molecule has 0 aliphatic carbocycles. The monoisotopic (exact) mass is 312 g/mol. The molecule has 0 unspecified atom stereocenters. The van der Waals surface area contributed by atoms with Crippen LogP contribution >= 0.6 is 0 Å². The van der Waals surface area contributed by atoms with Crippen molar-refractivity contribution in [2.75, 3.05) is 5.32 Å². The van der Waals surface area contributed by atoms with E-state index in [2.05, 4.69) is 20.7 Å². The number of anilines is 1. The minimum Gasteiger partial charge on any atom is -0.331 e. The Morgan fingerprint density at radius 1 is 1.39 bits per heavy atom. The van der Waals surface area contributed by atoms with E-state index in [1.165, 1.54) is 0 Å². The van der Waals surface area contributed by atoms with Gasteiger partial charge in [0.25, 0.3) is 0 Å². The first-order chi connectivity index (χ1) is 11.0. The van der Waals surface area contributed by atoms with E-state index in [0.29, 0.717) is 5.56 Å². The first-order valence-corrected chi connectivity index (χ1v) is 7.51. The zero-order valence-corrected chi connectivity index (χ0v) is 13.4. The number of carbonyl (C=O) groups excluding carboxylic acids is 1. The molecule has 0 aliphatic rings. The molecule has 0 aromatic carbocycles. The van der Waals surface area contributed by atoms with Crippen LogP contribution in [0, 0.1) is 11.3 Å². The van der Waals surface area contributed by atoms with E-state index in [4.69, 9.17) is 5.26 Å². The molecule has 0 bridgehead atoms. The topological polar surface area (TPSA) is 95.6 Å². The Labute approximate surface area is 135 Å². The van der Waals surface area contributed by atoms with Crippen LogP contribution < -0.4 is 10.6 Å². The molecule has 23 heavy (non-hydrogen) atoms. The van der Waals surface area contributed by atoms with Gasteiger partial charge >= 0.3 is 6.03 Å². The van der Waals surface area contributed by atoms with Gasteiger partial charge in [-0.15, -0.1) is 0 Å². The van der Waals surface area contributed by atoms with Crippen LogP contribution in [0.2, 0.25) is 0 Å². The number of aromatic nitrogens is 3. The lowest BCUT2D eigenvalue weighted by Gasteiger charge is -2.17. The number of hydrogen-bond donors (Lipinski definition) is 2. The highest BCUT2D eigenvalue weighted by atomic mass is 16.2. The van der Waals surface area contributed by atoms with E-state index in [0.717, 1.165) is 12.0 Å². The molecule has 2 rings (SSSR count). The number of urea groups is 1. The highest BCUT2D eigenvalue weighted by Gasteiger charge is 2.16. The van der Waals surface area contributed by atoms with E-state index < -0.39 is 0 Å². The average molecular weight is 312 g/mol. The number of amides is 2. The first kappa shape index (κ1) is 16.5. The van der Waals surface area contributed by atoms with E-state index in [1.807, 2.05) is 39.0 Å². The lowest BCUT2D eigenvalue weighted by Crippen LogP contribution is -2.32. The van der Waals surface area contributed by atoms with Crippen LogP contribution in [0.4, 0.5) is 10.6 Å². The molecule has 7 heteroatoms. The van der Waals surface area contributed by atoms with E-state index in [9.17, 15) is 4.79 Å². The lowest BCUT2D eigenvalue weighted by molar-refractivity contribution is 0.248. The number of nitrogens with one attached hydrogen (secondary N) is 2. The van der Waals surface area contributed by atoms with E-state index >= 15 is 0 Å². The van der Waals surface area contributed by atoms with Crippen LogP contribution in [0.15, 0.2) is 30.7 Å². The summed E-state index contributed by atoms with van der Waals surface area (Å²) in [4.78, 5) is 16.2. The van der Waals surface area contributed by atoms with Gasteiger partial charge in [0, 0.05) is 24.6 Å². The van der Waals surface area contributed by atoms with Crippen LogP contribution in [-0.4, -0.2) is 20.8 Å². The second kappa shape index (κ2) is 7.40. The quantitative estimate of drug-likeness (QED) is 0.887. The van der Waals surface area contributed by atoms with Gasteiger partial charge in [0.15, 0.2) is 5.82 Å². The Kier molecular flexibility index (Phi) is 5.31. The summed E-state index contributed by atoms with van der Waals surface area (Å²) in [6.07, 6.45) is 5.74. The van der Waals surface area contributed by atoms with Crippen molar-refractivity contribution in [1.29, 1.82) is 5.26 Å². The lowest BCUT2D eigenvalue weighted by atomic mass is 10.1. The normalized spacial score (nSPS) is 11.8. The highest BCUT2D eigenvalue weighted by Crippen LogP contribution is 2.17. The third-order valence-electron chi connectivity index (χ3n) is 3.44. The maximum absolute atomic E-state index is 12.2. The molecule has 2 aromatic heterocycles. The molecule has 0 saturated carbocycles. The fourth-order valence-corrected chi connectivity index (χ4v) is 2.15. The van der Waals surface area contributed by atoms with Crippen molar-refractivity contribution < 1.29 is 4.79 Å². The molecule has 7 nitrogen and oxygen atoms in total. The third-order valence-corrected chi connectivity index (χ3v) is 3.44. The zero-order chi connectivity index (χ0) is 16.8. The maximum atomic E-state index is 12.2. The summed E-state index contributed by atoms with van der Waals surface area (Å²) in [7, 11) is 0. The summed E-state index contributed by atoms with van der Waals surface area (Å²) in [5.41, 5.74) is 1.32. The van der Waals surface area contributed by atoms with Crippen molar-refractivity contribution >= 4 is 11.8 Å². The predicted octanol–water partition coefficient (Wildman–Crippen LogP) is 3.00. The fraction of sp³-hybridized carbons (Fsp3) is 0.375. The molecule has 120 valence electrons. The van der Waals surface area contributed by atoms with Gasteiger partial charge in [0.1, 0.15) is 11.6 Å². The summed E-state index contributed by atoms with van der Waals surface area (Å²) in [5.74, 6) is 0.267. The van der Waals surface area contributed by atoms with Crippen molar-refractivity contribution in [3.8, 4) is 6.07 Å². The summed E-state index contributed by atoms with van der Waals surface area (Å²) in [6, 6.07) is 5.36. The number of nitriles is 1. The van der Waals surface area contributed by atoms with Gasteiger partial charge in [-0.3, -0.25) is 15.0 Å². The number of hydrogen-bond acceptors (Lipinski definition) is 4. The van der Waals surface area contributed by atoms with Gasteiger partial charge in [-0.25, -0.2) is 4.79 Å². The highest BCUT2D eigenvalue weighted by molar-refractivity contribution is 5.89. The molecule has 0 spiro atoms. The Hall–Kier alpha value is -2.88. The molecule has 1 atom stereocenters. The molecule has 2 aromatic rings. The SMILES string of the molecule is CC[C@H](NC(=O)Nc1nn(C(C)C)cc1C#N)c1ccncc1. The van der Waals surface area contributed by atoms with Crippen molar-refractivity contribution in [2.24, 2.45) is 0 Å². The zero-order valence-electron chi connectivity index (χ0n) is 13.4. The van der Waals surface area contributed by atoms with Crippen LogP contribution in [0.5, 0.6) is 0 Å². The molecule has 0 fully saturated rings. The molecular weight excluding hydrogens is 292 g/mol. The van der Waals surface area contributed by atoms with E-state index in [-0.39, 0.29) is 23.9 Å². The maximum Gasteiger partial charge on any atom is 0.320 e. The Bertz CT molecular complexity index is 701. The molecular formula is C16H20N6O. The summed E-state index contributed by atoms with van der Waals surface area (Å²) in [5, 5.41) is 18.9. The van der Waals surface area contributed by atoms with Crippen LogP contribution in [0.3, 0.4) is 0 Å². The Morgan fingerprint density at radius 2 is 2.09 bits per heavy atom.